The molecule has 1 aromatic rings. The zero-order valence-electron chi connectivity index (χ0n) is 14.0. The van der Waals surface area contributed by atoms with E-state index in [0.29, 0.717) is 17.2 Å². The van der Waals surface area contributed by atoms with Gasteiger partial charge in [-0.15, -0.1) is 0 Å². The highest BCUT2D eigenvalue weighted by molar-refractivity contribution is 6.52. The molecular formula is C18H23BN3O2. The van der Waals surface area contributed by atoms with Crippen LogP contribution in [0.25, 0.3) is 6.08 Å². The molecule has 0 spiro atoms. The molecule has 5 nitrogen and oxygen atoms in total. The number of anilines is 1. The van der Waals surface area contributed by atoms with Gasteiger partial charge < -0.3 is 11.1 Å². The molecule has 2 amide bonds. The van der Waals surface area contributed by atoms with Gasteiger partial charge in [-0.3, -0.25) is 14.6 Å². The summed E-state index contributed by atoms with van der Waals surface area (Å²) in [6.45, 7) is 5.27. The molecule has 125 valence electrons. The van der Waals surface area contributed by atoms with Crippen molar-refractivity contribution < 1.29 is 9.59 Å². The first-order valence-corrected chi connectivity index (χ1v) is 8.31. The Labute approximate surface area is 143 Å². The average Bonchev–Trinajstić information content (AvgIpc) is 2.60. The van der Waals surface area contributed by atoms with Crippen molar-refractivity contribution in [1.82, 2.24) is 4.98 Å². The van der Waals surface area contributed by atoms with Crippen molar-refractivity contribution in [1.29, 1.82) is 0 Å². The molecule has 1 aromatic heterocycles. The van der Waals surface area contributed by atoms with E-state index in [0.717, 1.165) is 11.6 Å². The number of primary amides is 1. The van der Waals surface area contributed by atoms with Gasteiger partial charge in [0.05, 0.1) is 5.69 Å². The lowest BCUT2D eigenvalue weighted by Gasteiger charge is -2.18. The molecule has 1 aliphatic carbocycles. The standard InChI is InChI=1S/C18H23BN3O2/c1-3-15(23)21-14-11-13(10-9-12-7-5-4-6-8-12)17(19-2)22-16(14)18(20)24/h3,9-12H,1,4-8H2,2H3,(H2,20,24)(H,21,23)/b10-9+. The largest absolute Gasteiger partial charge is 0.364 e. The molecule has 1 fully saturated rings. The molecule has 1 aliphatic rings. The fourth-order valence-corrected chi connectivity index (χ4v) is 2.94. The minimum atomic E-state index is -0.680. The van der Waals surface area contributed by atoms with Crippen molar-refractivity contribution in [2.24, 2.45) is 11.7 Å². The van der Waals surface area contributed by atoms with Gasteiger partial charge in [0.2, 0.25) is 5.91 Å². The summed E-state index contributed by atoms with van der Waals surface area (Å²) in [4.78, 5) is 27.5. The normalized spacial score (nSPS) is 15.2. The molecule has 0 atom stereocenters. The molecule has 3 N–H and O–H groups in total. The van der Waals surface area contributed by atoms with Gasteiger partial charge in [0.1, 0.15) is 0 Å². The molecule has 24 heavy (non-hydrogen) atoms. The summed E-state index contributed by atoms with van der Waals surface area (Å²) in [6, 6.07) is 1.74. The summed E-state index contributed by atoms with van der Waals surface area (Å²) in [5, 5.41) is 2.60. The Morgan fingerprint density at radius 1 is 1.38 bits per heavy atom. The molecule has 1 radical (unpaired) electrons. The van der Waals surface area contributed by atoms with E-state index in [1.165, 1.54) is 32.1 Å². The van der Waals surface area contributed by atoms with Gasteiger partial charge in [-0.2, -0.15) is 0 Å². The van der Waals surface area contributed by atoms with Crippen LogP contribution in [0.3, 0.4) is 0 Å². The molecule has 1 heterocycles. The first-order valence-electron chi connectivity index (χ1n) is 8.31. The number of allylic oxidation sites excluding steroid dienone is 1. The average molecular weight is 324 g/mol. The quantitative estimate of drug-likeness (QED) is 0.622. The highest BCUT2D eigenvalue weighted by Gasteiger charge is 2.16. The topological polar surface area (TPSA) is 85.1 Å². The van der Waals surface area contributed by atoms with Gasteiger partial charge >= 0.3 is 0 Å². The van der Waals surface area contributed by atoms with E-state index in [9.17, 15) is 9.59 Å². The van der Waals surface area contributed by atoms with Crippen LogP contribution in [0.1, 0.15) is 48.2 Å². The van der Waals surface area contributed by atoms with Crippen LogP contribution in [0.4, 0.5) is 5.69 Å². The lowest BCUT2D eigenvalue weighted by molar-refractivity contribution is -0.111. The van der Waals surface area contributed by atoms with Crippen molar-refractivity contribution in [2.75, 3.05) is 5.32 Å². The number of hydrogen-bond acceptors (Lipinski definition) is 3. The van der Waals surface area contributed by atoms with Gasteiger partial charge in [-0.05, 0) is 36.5 Å². The fraction of sp³-hybridized carbons (Fsp3) is 0.389. The molecular weight excluding hydrogens is 301 g/mol. The van der Waals surface area contributed by atoms with E-state index in [1.807, 2.05) is 20.2 Å². The molecule has 6 heteroatoms. The zero-order chi connectivity index (χ0) is 17.5. The zero-order valence-corrected chi connectivity index (χ0v) is 14.0. The third-order valence-electron chi connectivity index (χ3n) is 4.23. The van der Waals surface area contributed by atoms with Crippen LogP contribution in [0.15, 0.2) is 24.8 Å². The number of nitrogens with zero attached hydrogens (tertiary/aromatic N) is 1. The Morgan fingerprint density at radius 3 is 2.67 bits per heavy atom. The van der Waals surface area contributed by atoms with Crippen LogP contribution >= 0.6 is 0 Å². The van der Waals surface area contributed by atoms with E-state index >= 15 is 0 Å². The van der Waals surface area contributed by atoms with Gasteiger partial charge in [0, 0.05) is 5.59 Å². The maximum absolute atomic E-state index is 11.6. The van der Waals surface area contributed by atoms with Crippen LogP contribution in [-0.2, 0) is 4.79 Å². The number of pyridine rings is 1. The summed E-state index contributed by atoms with van der Waals surface area (Å²) >= 11 is 0. The van der Waals surface area contributed by atoms with E-state index in [4.69, 9.17) is 5.73 Å². The first-order chi connectivity index (χ1) is 11.5. The van der Waals surface area contributed by atoms with Crippen LogP contribution < -0.4 is 16.6 Å². The Morgan fingerprint density at radius 2 is 2.08 bits per heavy atom. The highest BCUT2D eigenvalue weighted by Crippen LogP contribution is 2.25. The Bertz CT molecular complexity index is 664. The number of nitrogens with one attached hydrogen (secondary N) is 1. The monoisotopic (exact) mass is 324 g/mol. The van der Waals surface area contributed by atoms with Crippen LogP contribution in [0.5, 0.6) is 0 Å². The Kier molecular flexibility index (Phi) is 6.35. The molecule has 0 aliphatic heterocycles. The molecule has 0 unspecified atom stereocenters. The summed E-state index contributed by atoms with van der Waals surface area (Å²) < 4.78 is 0. The predicted octanol–water partition coefficient (Wildman–Crippen LogP) is 2.28. The lowest BCUT2D eigenvalue weighted by atomic mass is 9.74. The first kappa shape index (κ1) is 18.0. The smallest absolute Gasteiger partial charge is 0.269 e. The van der Waals surface area contributed by atoms with E-state index in [2.05, 4.69) is 23.0 Å². The summed E-state index contributed by atoms with van der Waals surface area (Å²) in [5.41, 5.74) is 7.27. The number of carbonyl (C=O) groups is 2. The minimum Gasteiger partial charge on any atom is -0.364 e. The number of nitrogens with two attached hydrogens (primary N) is 1. The number of hydrogen-bond donors (Lipinski definition) is 2. The molecule has 2 rings (SSSR count). The summed E-state index contributed by atoms with van der Waals surface area (Å²) in [7, 11) is 1.83. The van der Waals surface area contributed by atoms with E-state index in [1.54, 1.807) is 6.07 Å². The molecule has 0 saturated heterocycles. The maximum Gasteiger partial charge on any atom is 0.269 e. The maximum atomic E-state index is 11.6. The third kappa shape index (κ3) is 4.57. The number of carbonyl (C=O) groups excluding carboxylic acids is 2. The third-order valence-corrected chi connectivity index (χ3v) is 4.23. The SMILES string of the molecule is C=CC(=O)Nc1cc(/C=C/C2CCCCC2)c([B]C)nc1C(N)=O. The van der Waals surface area contributed by atoms with Crippen molar-refractivity contribution in [3.8, 4) is 0 Å². The van der Waals surface area contributed by atoms with E-state index < -0.39 is 11.8 Å². The fourth-order valence-electron chi connectivity index (χ4n) is 2.94. The second kappa shape index (κ2) is 8.48. The lowest BCUT2D eigenvalue weighted by Crippen LogP contribution is -2.27. The van der Waals surface area contributed by atoms with Crippen molar-refractivity contribution in [3.05, 3.63) is 36.1 Å². The summed E-state index contributed by atoms with van der Waals surface area (Å²) in [5.74, 6) is -0.513. The van der Waals surface area contributed by atoms with Crippen molar-refractivity contribution in [2.45, 2.75) is 38.9 Å². The van der Waals surface area contributed by atoms with Crippen molar-refractivity contribution in [3.63, 3.8) is 0 Å². The van der Waals surface area contributed by atoms with E-state index in [-0.39, 0.29) is 5.69 Å². The van der Waals surface area contributed by atoms with Gasteiger partial charge in [-0.1, -0.05) is 44.8 Å². The number of aromatic nitrogens is 1. The Balaban J connectivity index is 2.35. The number of rotatable bonds is 6. The second-order valence-electron chi connectivity index (χ2n) is 5.96. The predicted molar refractivity (Wildman–Crippen MR) is 98.4 cm³/mol. The van der Waals surface area contributed by atoms with Crippen molar-refractivity contribution >= 4 is 36.5 Å². The highest BCUT2D eigenvalue weighted by atomic mass is 16.2. The van der Waals surface area contributed by atoms with Gasteiger partial charge in [0.15, 0.2) is 13.0 Å². The van der Waals surface area contributed by atoms with Gasteiger partial charge in [0.25, 0.3) is 5.91 Å². The second-order valence-corrected chi connectivity index (χ2v) is 5.96. The Hall–Kier alpha value is -2.37. The molecule has 0 aromatic carbocycles. The van der Waals surface area contributed by atoms with Crippen LogP contribution in [0, 0.1) is 5.92 Å². The van der Waals surface area contributed by atoms with Crippen LogP contribution in [0.2, 0.25) is 6.82 Å². The number of amides is 2. The van der Waals surface area contributed by atoms with Crippen LogP contribution in [-0.4, -0.2) is 24.1 Å². The van der Waals surface area contributed by atoms with Gasteiger partial charge in [-0.25, -0.2) is 0 Å². The minimum absolute atomic E-state index is 0.0492. The molecule has 1 saturated carbocycles. The summed E-state index contributed by atoms with van der Waals surface area (Å²) in [6.07, 6.45) is 11.6. The molecule has 0 bridgehead atoms.